The summed E-state index contributed by atoms with van der Waals surface area (Å²) in [7, 11) is 0. The van der Waals surface area contributed by atoms with Crippen LogP contribution >= 0.6 is 24.8 Å². The molecule has 0 saturated carbocycles. The van der Waals surface area contributed by atoms with Crippen LogP contribution in [0, 0.1) is 5.82 Å². The van der Waals surface area contributed by atoms with Crippen LogP contribution in [0.25, 0.3) is 0 Å². The lowest BCUT2D eigenvalue weighted by molar-refractivity contribution is -0.123. The molecule has 0 aliphatic carbocycles. The van der Waals surface area contributed by atoms with Crippen molar-refractivity contribution in [2.45, 2.75) is 19.1 Å². The molecule has 2 heterocycles. The molecule has 19 heavy (non-hydrogen) atoms. The second-order valence-corrected chi connectivity index (χ2v) is 3.86. The topological polar surface area (TPSA) is 63.2 Å². The predicted molar refractivity (Wildman–Crippen MR) is 74.5 cm³/mol. The minimum Gasteiger partial charge on any atom is -0.375 e. The Morgan fingerprint density at radius 3 is 2.84 bits per heavy atom. The Labute approximate surface area is 123 Å². The van der Waals surface area contributed by atoms with Crippen LogP contribution in [-0.4, -0.2) is 36.2 Å². The van der Waals surface area contributed by atoms with E-state index >= 15 is 0 Å². The van der Waals surface area contributed by atoms with Gasteiger partial charge in [0.15, 0.2) is 0 Å². The van der Waals surface area contributed by atoms with Gasteiger partial charge < -0.3 is 15.4 Å². The summed E-state index contributed by atoms with van der Waals surface area (Å²) < 4.78 is 18.0. The summed E-state index contributed by atoms with van der Waals surface area (Å²) in [5.74, 6) is -0.331. The van der Waals surface area contributed by atoms with Crippen LogP contribution in [0.3, 0.4) is 0 Å². The Kier molecular flexibility index (Phi) is 7.85. The highest BCUT2D eigenvalue weighted by Crippen LogP contribution is 2.08. The van der Waals surface area contributed by atoms with Gasteiger partial charge in [-0.25, -0.2) is 9.37 Å². The third-order valence-electron chi connectivity index (χ3n) is 2.58. The van der Waals surface area contributed by atoms with Crippen LogP contribution in [-0.2, 0) is 9.53 Å². The number of nitrogens with one attached hydrogen (secondary N) is 2. The molecule has 0 unspecified atom stereocenters. The summed E-state index contributed by atoms with van der Waals surface area (Å²) in [6.45, 7) is 3.06. The van der Waals surface area contributed by atoms with Crippen LogP contribution in [0.15, 0.2) is 18.3 Å². The minimum absolute atomic E-state index is 0. The Morgan fingerprint density at radius 1 is 1.53 bits per heavy atom. The molecular formula is C11H16Cl2FN3O2. The number of morpholine rings is 1. The van der Waals surface area contributed by atoms with Crippen LogP contribution in [0.5, 0.6) is 0 Å². The van der Waals surface area contributed by atoms with Crippen LogP contribution in [0.2, 0.25) is 0 Å². The molecule has 1 amide bonds. The molecule has 0 aromatic carbocycles. The van der Waals surface area contributed by atoms with Crippen LogP contribution in [0.4, 0.5) is 10.2 Å². The fourth-order valence-corrected chi connectivity index (χ4v) is 1.68. The zero-order valence-electron chi connectivity index (χ0n) is 10.3. The van der Waals surface area contributed by atoms with E-state index in [0.29, 0.717) is 19.0 Å². The lowest BCUT2D eigenvalue weighted by Gasteiger charge is -2.29. The first-order valence-corrected chi connectivity index (χ1v) is 5.44. The number of halogens is 3. The Balaban J connectivity index is 0.00000162. The van der Waals surface area contributed by atoms with Gasteiger partial charge in [0, 0.05) is 6.54 Å². The van der Waals surface area contributed by atoms with Crippen molar-refractivity contribution in [2.24, 2.45) is 0 Å². The summed E-state index contributed by atoms with van der Waals surface area (Å²) in [6, 6.07) is 2.26. The lowest BCUT2D eigenvalue weighted by Crippen LogP contribution is -2.53. The van der Waals surface area contributed by atoms with E-state index in [0.717, 1.165) is 6.20 Å². The summed E-state index contributed by atoms with van der Waals surface area (Å²) >= 11 is 0. The molecule has 2 rings (SSSR count). The molecule has 8 heteroatoms. The van der Waals surface area contributed by atoms with Crippen molar-refractivity contribution in [2.75, 3.05) is 18.5 Å². The van der Waals surface area contributed by atoms with Crippen molar-refractivity contribution in [1.82, 2.24) is 10.3 Å². The van der Waals surface area contributed by atoms with Gasteiger partial charge in [0.25, 0.3) is 0 Å². The van der Waals surface area contributed by atoms with Gasteiger partial charge in [-0.15, -0.1) is 24.8 Å². The third-order valence-corrected chi connectivity index (χ3v) is 2.58. The summed E-state index contributed by atoms with van der Waals surface area (Å²) in [5.41, 5.74) is 0. The van der Waals surface area contributed by atoms with Gasteiger partial charge in [-0.1, -0.05) is 0 Å². The quantitative estimate of drug-likeness (QED) is 0.866. The number of amides is 1. The molecule has 2 atom stereocenters. The monoisotopic (exact) mass is 311 g/mol. The zero-order chi connectivity index (χ0) is 12.3. The van der Waals surface area contributed by atoms with Gasteiger partial charge in [0.2, 0.25) is 5.91 Å². The van der Waals surface area contributed by atoms with E-state index in [-0.39, 0.29) is 36.8 Å². The largest absolute Gasteiger partial charge is 0.375 e. The zero-order valence-corrected chi connectivity index (χ0v) is 11.9. The molecule has 108 valence electrons. The molecule has 0 radical (unpaired) electrons. The van der Waals surface area contributed by atoms with Crippen molar-refractivity contribution in [1.29, 1.82) is 0 Å². The van der Waals surface area contributed by atoms with E-state index in [9.17, 15) is 9.18 Å². The Hall–Kier alpha value is -0.950. The maximum Gasteiger partial charge on any atom is 0.245 e. The van der Waals surface area contributed by atoms with Gasteiger partial charge in [-0.3, -0.25) is 4.79 Å². The van der Waals surface area contributed by atoms with Crippen molar-refractivity contribution in [3.8, 4) is 0 Å². The van der Waals surface area contributed by atoms with E-state index in [1.807, 2.05) is 6.92 Å². The summed E-state index contributed by atoms with van der Waals surface area (Å²) in [4.78, 5) is 15.6. The van der Waals surface area contributed by atoms with E-state index in [2.05, 4.69) is 15.6 Å². The molecule has 1 saturated heterocycles. The molecular weight excluding hydrogens is 296 g/mol. The Morgan fingerprint density at radius 2 is 2.26 bits per heavy atom. The SMILES string of the molecule is C[C@H]1OCCN[C@@H]1C(=O)Nc1ccc(F)cn1.Cl.Cl. The lowest BCUT2D eigenvalue weighted by atomic mass is 10.1. The molecule has 1 aromatic heterocycles. The van der Waals surface area contributed by atoms with Crippen LogP contribution in [0.1, 0.15) is 6.92 Å². The smallest absolute Gasteiger partial charge is 0.245 e. The third kappa shape index (κ3) is 4.91. The number of ether oxygens (including phenoxy) is 1. The van der Waals surface area contributed by atoms with Gasteiger partial charge >= 0.3 is 0 Å². The predicted octanol–water partition coefficient (Wildman–Crippen LogP) is 1.38. The first-order valence-electron chi connectivity index (χ1n) is 5.44. The fraction of sp³-hybridized carbons (Fsp3) is 0.455. The Bertz CT molecular complexity index is 405. The standard InChI is InChI=1S/C11H14FN3O2.2ClH/c1-7-10(13-4-5-17-7)11(16)15-9-3-2-8(12)6-14-9;;/h2-3,6-7,10,13H,4-5H2,1H3,(H,14,15,16);2*1H/t7-,10+;;/m1../s1. The number of aromatic nitrogens is 1. The van der Waals surface area contributed by atoms with E-state index < -0.39 is 11.9 Å². The van der Waals surface area contributed by atoms with Crippen molar-refractivity contribution in [3.05, 3.63) is 24.1 Å². The van der Waals surface area contributed by atoms with Crippen molar-refractivity contribution in [3.63, 3.8) is 0 Å². The molecule has 0 spiro atoms. The molecule has 0 bridgehead atoms. The first kappa shape index (κ1) is 18.0. The highest BCUT2D eigenvalue weighted by atomic mass is 35.5. The van der Waals surface area contributed by atoms with Gasteiger partial charge in [0.05, 0.1) is 18.9 Å². The molecule has 1 aromatic rings. The highest BCUT2D eigenvalue weighted by Gasteiger charge is 2.28. The highest BCUT2D eigenvalue weighted by molar-refractivity contribution is 5.94. The second kappa shape index (κ2) is 8.27. The van der Waals surface area contributed by atoms with Crippen LogP contribution < -0.4 is 10.6 Å². The number of carbonyl (C=O) groups excluding carboxylic acids is 1. The number of hydrogen-bond acceptors (Lipinski definition) is 4. The average Bonchev–Trinajstić information content (AvgIpc) is 2.32. The number of nitrogens with zero attached hydrogens (tertiary/aromatic N) is 1. The second-order valence-electron chi connectivity index (χ2n) is 3.86. The van der Waals surface area contributed by atoms with Gasteiger partial charge in [-0.05, 0) is 19.1 Å². The summed E-state index contributed by atoms with van der Waals surface area (Å²) in [6.07, 6.45) is 0.869. The van der Waals surface area contributed by atoms with Crippen molar-refractivity contribution < 1.29 is 13.9 Å². The average molecular weight is 312 g/mol. The maximum absolute atomic E-state index is 12.6. The number of rotatable bonds is 2. The molecule has 1 fully saturated rings. The fourth-order valence-electron chi connectivity index (χ4n) is 1.68. The van der Waals surface area contributed by atoms with E-state index in [1.165, 1.54) is 12.1 Å². The summed E-state index contributed by atoms with van der Waals surface area (Å²) in [5, 5.41) is 5.67. The molecule has 5 nitrogen and oxygen atoms in total. The number of anilines is 1. The number of hydrogen-bond donors (Lipinski definition) is 2. The normalized spacial score (nSPS) is 21.8. The maximum atomic E-state index is 12.6. The molecule has 1 aliphatic rings. The molecule has 1 aliphatic heterocycles. The first-order chi connectivity index (χ1) is 8.16. The van der Waals surface area contributed by atoms with E-state index in [1.54, 1.807) is 0 Å². The van der Waals surface area contributed by atoms with E-state index in [4.69, 9.17) is 4.74 Å². The van der Waals surface area contributed by atoms with Gasteiger partial charge in [-0.2, -0.15) is 0 Å². The number of carbonyl (C=O) groups is 1. The molecule has 2 N–H and O–H groups in total. The minimum atomic E-state index is -0.435. The van der Waals surface area contributed by atoms with Gasteiger partial charge in [0.1, 0.15) is 17.7 Å². The number of pyridine rings is 1. The van der Waals surface area contributed by atoms with Crippen molar-refractivity contribution >= 4 is 36.5 Å².